The van der Waals surface area contributed by atoms with Crippen LogP contribution in [0.15, 0.2) is 0 Å². The molecule has 6 unspecified atom stereocenters. The van der Waals surface area contributed by atoms with Gasteiger partial charge < -0.3 is 0 Å². The molecule has 0 aromatic rings. The SMILES string of the molecule is CC1CCC2(CCCC2)C1P(P)PP. The van der Waals surface area contributed by atoms with Gasteiger partial charge in [0, 0.05) is 0 Å². The van der Waals surface area contributed by atoms with E-state index in [1.807, 2.05) is 0 Å². The Labute approximate surface area is 95.8 Å². The van der Waals surface area contributed by atoms with E-state index in [-0.39, 0.29) is 7.30 Å². The van der Waals surface area contributed by atoms with Crippen molar-refractivity contribution in [1.29, 1.82) is 0 Å². The first-order valence-corrected chi connectivity index (χ1v) is 12.4. The topological polar surface area (TPSA) is 0 Å². The minimum atomic E-state index is 0.229. The minimum absolute atomic E-state index is 0.229. The zero-order valence-corrected chi connectivity index (χ0v) is 13.2. The predicted octanol–water partition coefficient (Wildman–Crippen LogP) is 5.00. The molecular weight excluding hydrogens is 244 g/mol. The van der Waals surface area contributed by atoms with Crippen LogP contribution in [0.4, 0.5) is 0 Å². The molecule has 0 heterocycles. The van der Waals surface area contributed by atoms with Gasteiger partial charge >= 0.3 is 0 Å². The Morgan fingerprint density at radius 3 is 2.50 bits per heavy atom. The molecule has 0 bridgehead atoms. The van der Waals surface area contributed by atoms with Crippen LogP contribution in [-0.4, -0.2) is 5.66 Å². The van der Waals surface area contributed by atoms with Gasteiger partial charge in [-0.05, 0) is 42.7 Å². The Hall–Kier alpha value is 1.72. The molecule has 2 rings (SSSR count). The summed E-state index contributed by atoms with van der Waals surface area (Å²) in [5, 5.41) is 0. The van der Waals surface area contributed by atoms with Crippen LogP contribution in [-0.2, 0) is 0 Å². The Bertz CT molecular complexity index is 200. The van der Waals surface area contributed by atoms with Gasteiger partial charge in [-0.1, -0.05) is 35.0 Å². The highest BCUT2D eigenvalue weighted by Crippen LogP contribution is 2.77. The molecule has 2 fully saturated rings. The lowest BCUT2D eigenvalue weighted by Gasteiger charge is -2.37. The van der Waals surface area contributed by atoms with Crippen molar-refractivity contribution in [3.8, 4) is 0 Å². The molecule has 0 aromatic heterocycles. The molecule has 82 valence electrons. The maximum absolute atomic E-state index is 3.19. The van der Waals surface area contributed by atoms with E-state index in [2.05, 4.69) is 24.8 Å². The summed E-state index contributed by atoms with van der Waals surface area (Å²) in [6.45, 7) is 2.50. The first-order valence-electron chi connectivity index (χ1n) is 5.70. The van der Waals surface area contributed by atoms with Crippen LogP contribution in [0.25, 0.3) is 0 Å². The maximum atomic E-state index is 3.19. The third-order valence-corrected chi connectivity index (χ3v) is 15.7. The van der Waals surface area contributed by atoms with Crippen LogP contribution in [0.2, 0.25) is 0 Å². The van der Waals surface area contributed by atoms with E-state index in [0.717, 1.165) is 24.9 Å². The van der Waals surface area contributed by atoms with Gasteiger partial charge in [-0.2, -0.15) is 0 Å². The lowest BCUT2D eigenvalue weighted by Crippen LogP contribution is -2.26. The molecule has 0 nitrogen and oxygen atoms in total. The predicted molar refractivity (Wildman–Crippen MR) is 77.7 cm³/mol. The van der Waals surface area contributed by atoms with Crippen LogP contribution >= 0.6 is 33.1 Å². The minimum Gasteiger partial charge on any atom is -0.110 e. The molecule has 6 atom stereocenters. The molecule has 2 saturated carbocycles. The van der Waals surface area contributed by atoms with Crippen LogP contribution in [0.3, 0.4) is 0 Å². The van der Waals surface area contributed by atoms with Crippen LogP contribution < -0.4 is 0 Å². The summed E-state index contributed by atoms with van der Waals surface area (Å²) >= 11 is 0. The first kappa shape index (κ1) is 12.2. The Balaban J connectivity index is 2.16. The summed E-state index contributed by atoms with van der Waals surface area (Å²) in [7, 11) is 7.50. The molecule has 0 aliphatic heterocycles. The lowest BCUT2D eigenvalue weighted by molar-refractivity contribution is 0.308. The summed E-state index contributed by atoms with van der Waals surface area (Å²) in [5.74, 6) is 1.00. The molecule has 2 aliphatic carbocycles. The second-order valence-corrected chi connectivity index (χ2v) is 14.6. The van der Waals surface area contributed by atoms with Crippen LogP contribution in [0.5, 0.6) is 0 Å². The van der Waals surface area contributed by atoms with Crippen molar-refractivity contribution in [3.63, 3.8) is 0 Å². The molecule has 0 N–H and O–H groups in total. The van der Waals surface area contributed by atoms with Gasteiger partial charge in [0.2, 0.25) is 0 Å². The first-order chi connectivity index (χ1) is 6.69. The second-order valence-electron chi connectivity index (χ2n) is 5.07. The van der Waals surface area contributed by atoms with E-state index in [0.29, 0.717) is 0 Å². The summed E-state index contributed by atoms with van der Waals surface area (Å²) < 4.78 is 0. The van der Waals surface area contributed by atoms with E-state index >= 15 is 0 Å². The standard InChI is InChI=1S/C10H22P4/c1-8-4-7-10(5-2-3-6-10)9(8)14(12)13-11/h8-9,13H,2-7,11-12H2,1H3. The molecule has 0 amide bonds. The summed E-state index contributed by atoms with van der Waals surface area (Å²) in [6.07, 6.45) is 9.16. The van der Waals surface area contributed by atoms with Gasteiger partial charge in [-0.25, -0.2) is 0 Å². The number of hydrogen-bond donors (Lipinski definition) is 0. The van der Waals surface area contributed by atoms with E-state index in [1.54, 1.807) is 19.3 Å². The van der Waals surface area contributed by atoms with Crippen molar-refractivity contribution in [2.45, 2.75) is 51.1 Å². The highest BCUT2D eigenvalue weighted by Gasteiger charge is 2.49. The molecule has 2 aliphatic rings. The zero-order chi connectivity index (χ0) is 10.2. The summed E-state index contributed by atoms with van der Waals surface area (Å²) in [6, 6.07) is 0. The Kier molecular flexibility index (Phi) is 4.29. The highest BCUT2D eigenvalue weighted by atomic mass is 32.6. The van der Waals surface area contributed by atoms with Gasteiger partial charge in [0.15, 0.2) is 0 Å². The van der Waals surface area contributed by atoms with E-state index in [4.69, 9.17) is 0 Å². The lowest BCUT2D eigenvalue weighted by atomic mass is 9.83. The van der Waals surface area contributed by atoms with Crippen molar-refractivity contribution in [3.05, 3.63) is 0 Å². The quantitative estimate of drug-likeness (QED) is 0.617. The van der Waals surface area contributed by atoms with E-state index in [9.17, 15) is 0 Å². The van der Waals surface area contributed by atoms with Crippen molar-refractivity contribution < 1.29 is 0 Å². The number of rotatable bonds is 2. The number of hydrogen-bond acceptors (Lipinski definition) is 0. The molecule has 0 aromatic carbocycles. The van der Waals surface area contributed by atoms with Gasteiger partial charge in [0.05, 0.1) is 0 Å². The normalized spacial score (nSPS) is 38.8. The average molecular weight is 266 g/mol. The molecule has 4 heteroatoms. The fourth-order valence-corrected chi connectivity index (χ4v) is 10.9. The van der Waals surface area contributed by atoms with Crippen molar-refractivity contribution in [2.24, 2.45) is 11.3 Å². The zero-order valence-electron chi connectivity index (χ0n) is 9.00. The van der Waals surface area contributed by atoms with Crippen LogP contribution in [0.1, 0.15) is 45.4 Å². The highest BCUT2D eigenvalue weighted by molar-refractivity contribution is 8.61. The van der Waals surface area contributed by atoms with Crippen molar-refractivity contribution in [2.75, 3.05) is 0 Å². The molecule has 0 radical (unpaired) electrons. The summed E-state index contributed by atoms with van der Waals surface area (Å²) in [4.78, 5) is 0. The van der Waals surface area contributed by atoms with Gasteiger partial charge in [-0.3, -0.25) is 0 Å². The largest absolute Gasteiger partial charge is 0.110 e. The van der Waals surface area contributed by atoms with Crippen molar-refractivity contribution in [1.82, 2.24) is 0 Å². The smallest absolute Gasteiger partial charge is 0.00537 e. The van der Waals surface area contributed by atoms with E-state index in [1.165, 1.54) is 19.3 Å². The van der Waals surface area contributed by atoms with Crippen molar-refractivity contribution >= 4 is 33.1 Å². The second kappa shape index (κ2) is 4.92. The fourth-order valence-electron chi connectivity index (χ4n) is 3.70. The molecule has 0 saturated heterocycles. The van der Waals surface area contributed by atoms with Gasteiger partial charge in [0.1, 0.15) is 0 Å². The third kappa shape index (κ3) is 2.07. The third-order valence-electron chi connectivity index (χ3n) is 4.31. The maximum Gasteiger partial charge on any atom is -0.00537 e. The van der Waals surface area contributed by atoms with Gasteiger partial charge in [-0.15, -0.1) is 17.9 Å². The molecule has 14 heavy (non-hydrogen) atoms. The fraction of sp³-hybridized carbons (Fsp3) is 1.00. The molecule has 1 spiro atoms. The van der Waals surface area contributed by atoms with E-state index < -0.39 is 0 Å². The Morgan fingerprint density at radius 1 is 1.29 bits per heavy atom. The summed E-state index contributed by atoms with van der Waals surface area (Å²) in [5.41, 5.74) is 1.87. The monoisotopic (exact) mass is 266 g/mol. The molecular formula is C10H22P4. The van der Waals surface area contributed by atoms with Crippen LogP contribution in [0, 0.1) is 11.3 Å². The Morgan fingerprint density at radius 2 is 1.93 bits per heavy atom. The average Bonchev–Trinajstić information content (AvgIpc) is 2.76. The van der Waals surface area contributed by atoms with Gasteiger partial charge in [0.25, 0.3) is 0 Å².